The lowest BCUT2D eigenvalue weighted by Crippen LogP contribution is -2.60. The molecule has 4 heteroatoms. The first-order chi connectivity index (χ1) is 8.58. The van der Waals surface area contributed by atoms with E-state index in [0.29, 0.717) is 0 Å². The summed E-state index contributed by atoms with van der Waals surface area (Å²) in [7, 11) is 0. The van der Waals surface area contributed by atoms with Crippen molar-refractivity contribution >= 4 is 33.2 Å². The number of rotatable bonds is 2. The molecule has 0 aromatic heterocycles. The molecule has 0 amide bonds. The number of hydrogen-bond acceptors (Lipinski definition) is 2. The molecule has 18 heavy (non-hydrogen) atoms. The second kappa shape index (κ2) is 4.69. The highest BCUT2D eigenvalue weighted by molar-refractivity contribution is 9.10. The summed E-state index contributed by atoms with van der Waals surface area (Å²) < 4.78 is 0.966. The van der Waals surface area contributed by atoms with E-state index in [1.165, 1.54) is 18.5 Å². The van der Waals surface area contributed by atoms with Crippen LogP contribution in [-0.4, -0.2) is 25.2 Å². The molecule has 0 spiro atoms. The van der Waals surface area contributed by atoms with Gasteiger partial charge in [0.15, 0.2) is 0 Å². The van der Waals surface area contributed by atoms with E-state index in [2.05, 4.69) is 45.2 Å². The van der Waals surface area contributed by atoms with Gasteiger partial charge < -0.3 is 10.2 Å². The minimum atomic E-state index is 0.276. The molecule has 2 aliphatic rings. The van der Waals surface area contributed by atoms with Crippen LogP contribution < -0.4 is 10.2 Å². The van der Waals surface area contributed by atoms with Gasteiger partial charge in [0, 0.05) is 35.3 Å². The van der Waals surface area contributed by atoms with Crippen LogP contribution in [-0.2, 0) is 0 Å². The predicted octanol–water partition coefficient (Wildman–Crippen LogP) is 3.68. The lowest BCUT2D eigenvalue weighted by atomic mass is 9.92. The van der Waals surface area contributed by atoms with Gasteiger partial charge in [0.2, 0.25) is 0 Å². The van der Waals surface area contributed by atoms with Crippen molar-refractivity contribution in [3.63, 3.8) is 0 Å². The fourth-order valence-corrected chi connectivity index (χ4v) is 3.33. The quantitative estimate of drug-likeness (QED) is 0.890. The van der Waals surface area contributed by atoms with Crippen LogP contribution in [0.1, 0.15) is 19.8 Å². The Kier molecular flexibility index (Phi) is 3.33. The predicted molar refractivity (Wildman–Crippen MR) is 80.5 cm³/mol. The smallest absolute Gasteiger partial charge is 0.0568 e. The molecule has 1 aliphatic heterocycles. The number of nitrogens with zero attached hydrogens (tertiary/aromatic N) is 1. The molecule has 0 radical (unpaired) electrons. The number of anilines is 1. The zero-order valence-corrected chi connectivity index (χ0v) is 12.9. The van der Waals surface area contributed by atoms with Gasteiger partial charge in [-0.3, -0.25) is 0 Å². The third-order valence-corrected chi connectivity index (χ3v) is 5.41. The van der Waals surface area contributed by atoms with E-state index < -0.39 is 0 Å². The van der Waals surface area contributed by atoms with Gasteiger partial charge in [0.05, 0.1) is 5.02 Å². The van der Waals surface area contributed by atoms with E-state index in [1.807, 2.05) is 6.07 Å². The van der Waals surface area contributed by atoms with Gasteiger partial charge in [-0.1, -0.05) is 11.6 Å². The van der Waals surface area contributed by atoms with Gasteiger partial charge in [0.1, 0.15) is 0 Å². The van der Waals surface area contributed by atoms with Gasteiger partial charge in [-0.15, -0.1) is 0 Å². The second-order valence-corrected chi connectivity index (χ2v) is 6.90. The summed E-state index contributed by atoms with van der Waals surface area (Å²) in [5.41, 5.74) is 1.51. The molecule has 1 saturated carbocycles. The number of hydrogen-bond donors (Lipinski definition) is 1. The summed E-state index contributed by atoms with van der Waals surface area (Å²) in [6, 6.07) is 6.24. The Hall–Kier alpha value is -0.250. The summed E-state index contributed by atoms with van der Waals surface area (Å²) in [5.74, 6) is 0.853. The fraction of sp³-hybridized carbons (Fsp3) is 0.571. The largest absolute Gasteiger partial charge is 0.368 e. The van der Waals surface area contributed by atoms with Crippen LogP contribution in [0.2, 0.25) is 5.02 Å². The SMILES string of the molecule is CC1(C2CC2)CN(c2ccc(Br)c(Cl)c2)CCN1. The first-order valence-corrected chi connectivity index (χ1v) is 7.71. The van der Waals surface area contributed by atoms with Crippen LogP contribution in [0.15, 0.2) is 22.7 Å². The van der Waals surface area contributed by atoms with E-state index in [-0.39, 0.29) is 5.54 Å². The van der Waals surface area contributed by atoms with Crippen molar-refractivity contribution in [3.8, 4) is 0 Å². The Balaban J connectivity index is 1.81. The maximum atomic E-state index is 6.19. The lowest BCUT2D eigenvalue weighted by molar-refractivity contribution is 0.285. The maximum Gasteiger partial charge on any atom is 0.0568 e. The van der Waals surface area contributed by atoms with Crippen LogP contribution in [0, 0.1) is 5.92 Å². The average molecular weight is 330 g/mol. The van der Waals surface area contributed by atoms with Crippen molar-refractivity contribution in [2.45, 2.75) is 25.3 Å². The molecule has 0 bridgehead atoms. The summed E-state index contributed by atoms with van der Waals surface area (Å²) in [6.07, 6.45) is 2.75. The van der Waals surface area contributed by atoms with Crippen molar-refractivity contribution in [2.75, 3.05) is 24.5 Å². The number of piperazine rings is 1. The maximum absolute atomic E-state index is 6.19. The highest BCUT2D eigenvalue weighted by Crippen LogP contribution is 2.41. The minimum Gasteiger partial charge on any atom is -0.368 e. The third kappa shape index (κ3) is 2.40. The van der Waals surface area contributed by atoms with E-state index in [0.717, 1.165) is 35.0 Å². The second-order valence-electron chi connectivity index (χ2n) is 5.64. The van der Waals surface area contributed by atoms with Crippen LogP contribution in [0.4, 0.5) is 5.69 Å². The van der Waals surface area contributed by atoms with E-state index in [9.17, 15) is 0 Å². The highest BCUT2D eigenvalue weighted by Gasteiger charge is 2.43. The topological polar surface area (TPSA) is 15.3 Å². The van der Waals surface area contributed by atoms with E-state index in [4.69, 9.17) is 11.6 Å². The molecule has 1 unspecified atom stereocenters. The molecule has 1 saturated heterocycles. The zero-order chi connectivity index (χ0) is 12.8. The van der Waals surface area contributed by atoms with Crippen molar-refractivity contribution in [3.05, 3.63) is 27.7 Å². The van der Waals surface area contributed by atoms with Gasteiger partial charge in [-0.25, -0.2) is 0 Å². The summed E-state index contributed by atoms with van der Waals surface area (Å²) in [4.78, 5) is 2.45. The first-order valence-electron chi connectivity index (χ1n) is 6.53. The monoisotopic (exact) mass is 328 g/mol. The van der Waals surface area contributed by atoms with Crippen molar-refractivity contribution < 1.29 is 0 Å². The van der Waals surface area contributed by atoms with Crippen molar-refractivity contribution in [1.29, 1.82) is 0 Å². The Bertz CT molecular complexity index is 461. The number of benzene rings is 1. The molecular formula is C14H18BrClN2. The van der Waals surface area contributed by atoms with Gasteiger partial charge in [-0.2, -0.15) is 0 Å². The lowest BCUT2D eigenvalue weighted by Gasteiger charge is -2.43. The van der Waals surface area contributed by atoms with E-state index >= 15 is 0 Å². The van der Waals surface area contributed by atoms with Gasteiger partial charge in [0.25, 0.3) is 0 Å². The fourth-order valence-electron chi connectivity index (χ4n) is 2.90. The highest BCUT2D eigenvalue weighted by atomic mass is 79.9. The van der Waals surface area contributed by atoms with Crippen LogP contribution >= 0.6 is 27.5 Å². The molecular weight excluding hydrogens is 312 g/mol. The van der Waals surface area contributed by atoms with Crippen LogP contribution in [0.3, 0.4) is 0 Å². The van der Waals surface area contributed by atoms with Crippen LogP contribution in [0.25, 0.3) is 0 Å². The third-order valence-electron chi connectivity index (χ3n) is 4.18. The Morgan fingerprint density at radius 3 is 2.89 bits per heavy atom. The summed E-state index contributed by atoms with van der Waals surface area (Å²) in [6.45, 7) is 5.55. The molecule has 1 heterocycles. The van der Waals surface area contributed by atoms with Crippen molar-refractivity contribution in [1.82, 2.24) is 5.32 Å². The van der Waals surface area contributed by atoms with Gasteiger partial charge in [-0.05, 0) is 59.8 Å². The number of halogens is 2. The Morgan fingerprint density at radius 1 is 1.44 bits per heavy atom. The standard InChI is InChI=1S/C14H18BrClN2/c1-14(10-2-3-10)9-18(7-6-17-14)11-4-5-12(15)13(16)8-11/h4-5,8,10,17H,2-3,6-7,9H2,1H3. The van der Waals surface area contributed by atoms with Crippen molar-refractivity contribution in [2.24, 2.45) is 5.92 Å². The van der Waals surface area contributed by atoms with Gasteiger partial charge >= 0.3 is 0 Å². The van der Waals surface area contributed by atoms with Crippen LogP contribution in [0.5, 0.6) is 0 Å². The summed E-state index contributed by atoms with van der Waals surface area (Å²) >= 11 is 9.64. The molecule has 1 atom stereocenters. The Morgan fingerprint density at radius 2 is 2.22 bits per heavy atom. The van der Waals surface area contributed by atoms with E-state index in [1.54, 1.807) is 0 Å². The Labute approximate surface area is 122 Å². The zero-order valence-electron chi connectivity index (χ0n) is 10.5. The normalized spacial score (nSPS) is 28.5. The molecule has 1 N–H and O–H groups in total. The molecule has 2 fully saturated rings. The molecule has 1 aromatic carbocycles. The summed E-state index contributed by atoms with van der Waals surface area (Å²) in [5, 5.41) is 4.49. The minimum absolute atomic E-state index is 0.276. The molecule has 1 aromatic rings. The molecule has 2 nitrogen and oxygen atoms in total. The molecule has 3 rings (SSSR count). The average Bonchev–Trinajstić information content (AvgIpc) is 3.17. The first kappa shape index (κ1) is 12.8. The molecule has 1 aliphatic carbocycles. The molecule has 98 valence electrons. The number of nitrogens with one attached hydrogen (secondary N) is 1.